The predicted molar refractivity (Wildman–Crippen MR) is 174 cm³/mol. The fourth-order valence-corrected chi connectivity index (χ4v) is 5.54. The molecule has 8 heteroatoms. The lowest BCUT2D eigenvalue weighted by Crippen LogP contribution is -2.42. The van der Waals surface area contributed by atoms with Crippen LogP contribution < -0.4 is 5.32 Å². The van der Waals surface area contributed by atoms with Crippen LogP contribution in [0.15, 0.2) is 103 Å². The van der Waals surface area contributed by atoms with E-state index < -0.39 is 6.09 Å². The van der Waals surface area contributed by atoms with Crippen LogP contribution in [-0.2, 0) is 17.8 Å². The highest BCUT2D eigenvalue weighted by atomic mass is 16.6. The van der Waals surface area contributed by atoms with E-state index in [0.717, 1.165) is 67.9 Å². The molecule has 1 aromatic heterocycles. The van der Waals surface area contributed by atoms with Crippen molar-refractivity contribution in [3.05, 3.63) is 120 Å². The summed E-state index contributed by atoms with van der Waals surface area (Å²) in [7, 11) is 3.93. The Hall–Kier alpha value is -4.53. The van der Waals surface area contributed by atoms with E-state index in [2.05, 4.69) is 33.2 Å². The second-order valence-electron chi connectivity index (χ2n) is 11.4. The molecule has 0 atom stereocenters. The van der Waals surface area contributed by atoms with Gasteiger partial charge in [-0.05, 0) is 60.8 Å². The SMILES string of the molecule is CN(Cc1ccc(C(=O)N(C)CCN2CCC(OC(=O)Nc3ccccc3-c3ccccc3)CC2)cc1)Cc1cccnc1. The third kappa shape index (κ3) is 8.75. The summed E-state index contributed by atoms with van der Waals surface area (Å²) in [6.07, 6.45) is 4.64. The van der Waals surface area contributed by atoms with Gasteiger partial charge in [0.05, 0.1) is 5.69 Å². The lowest BCUT2D eigenvalue weighted by Gasteiger charge is -2.32. The molecule has 1 fully saturated rings. The van der Waals surface area contributed by atoms with Gasteiger partial charge in [-0.25, -0.2) is 4.79 Å². The number of para-hydroxylation sites is 1. The molecule has 0 bridgehead atoms. The zero-order valence-corrected chi connectivity index (χ0v) is 25.6. The first kappa shape index (κ1) is 30.9. The van der Waals surface area contributed by atoms with Gasteiger partial charge in [0.25, 0.3) is 5.91 Å². The number of carbonyl (C=O) groups is 2. The number of carbonyl (C=O) groups excluding carboxylic acids is 2. The molecule has 0 aliphatic carbocycles. The highest BCUT2D eigenvalue weighted by Crippen LogP contribution is 2.28. The minimum Gasteiger partial charge on any atom is -0.446 e. The number of benzene rings is 3. The monoisotopic (exact) mass is 591 g/mol. The minimum absolute atomic E-state index is 0.0194. The van der Waals surface area contributed by atoms with E-state index in [4.69, 9.17) is 4.74 Å². The highest BCUT2D eigenvalue weighted by Gasteiger charge is 2.23. The van der Waals surface area contributed by atoms with Gasteiger partial charge >= 0.3 is 6.09 Å². The number of piperidine rings is 1. The number of aromatic nitrogens is 1. The molecule has 228 valence electrons. The van der Waals surface area contributed by atoms with Gasteiger partial charge in [0, 0.05) is 69.8 Å². The first-order valence-electron chi connectivity index (χ1n) is 15.2. The Kier molecular flexibility index (Phi) is 10.7. The molecule has 4 aromatic rings. The van der Waals surface area contributed by atoms with Crippen LogP contribution in [0.4, 0.5) is 10.5 Å². The van der Waals surface area contributed by atoms with E-state index >= 15 is 0 Å². The molecule has 2 amide bonds. The van der Waals surface area contributed by atoms with Crippen molar-refractivity contribution in [1.29, 1.82) is 0 Å². The molecule has 3 aromatic carbocycles. The summed E-state index contributed by atoms with van der Waals surface area (Å²) < 4.78 is 5.77. The maximum absolute atomic E-state index is 13.1. The topological polar surface area (TPSA) is 78.0 Å². The van der Waals surface area contributed by atoms with E-state index in [1.807, 2.05) is 98.2 Å². The maximum atomic E-state index is 13.1. The second-order valence-corrected chi connectivity index (χ2v) is 11.4. The van der Waals surface area contributed by atoms with Crippen molar-refractivity contribution in [3.63, 3.8) is 0 Å². The fraction of sp³-hybridized carbons (Fsp3) is 0.306. The van der Waals surface area contributed by atoms with Crippen molar-refractivity contribution in [2.75, 3.05) is 45.6 Å². The number of rotatable bonds is 11. The molecule has 0 spiro atoms. The first-order chi connectivity index (χ1) is 21.4. The zero-order valence-electron chi connectivity index (χ0n) is 25.6. The van der Waals surface area contributed by atoms with Gasteiger partial charge < -0.3 is 14.5 Å². The van der Waals surface area contributed by atoms with Gasteiger partial charge in [-0.15, -0.1) is 0 Å². The lowest BCUT2D eigenvalue weighted by atomic mass is 10.0. The Morgan fingerprint density at radius 2 is 1.57 bits per heavy atom. The largest absolute Gasteiger partial charge is 0.446 e. The number of likely N-dealkylation sites (N-methyl/N-ethyl adjacent to an activating group) is 1. The summed E-state index contributed by atoms with van der Waals surface area (Å²) in [5.41, 5.74) is 5.76. The molecule has 5 rings (SSSR count). The molecular weight excluding hydrogens is 550 g/mol. The van der Waals surface area contributed by atoms with Crippen molar-refractivity contribution in [3.8, 4) is 11.1 Å². The van der Waals surface area contributed by atoms with Crippen LogP contribution in [0.5, 0.6) is 0 Å². The van der Waals surface area contributed by atoms with Crippen LogP contribution in [0.1, 0.15) is 34.3 Å². The number of pyridine rings is 1. The van der Waals surface area contributed by atoms with Crippen LogP contribution in [0.2, 0.25) is 0 Å². The van der Waals surface area contributed by atoms with Gasteiger partial charge in [-0.1, -0.05) is 66.7 Å². The summed E-state index contributed by atoms with van der Waals surface area (Å²) in [4.78, 5) is 36.3. The summed E-state index contributed by atoms with van der Waals surface area (Å²) >= 11 is 0. The average Bonchev–Trinajstić information content (AvgIpc) is 3.05. The minimum atomic E-state index is -0.427. The Bertz CT molecular complexity index is 1490. The Labute approximate surface area is 260 Å². The van der Waals surface area contributed by atoms with Gasteiger partial charge in [0.1, 0.15) is 6.10 Å². The zero-order chi connectivity index (χ0) is 30.7. The smallest absolute Gasteiger partial charge is 0.411 e. The van der Waals surface area contributed by atoms with Crippen molar-refractivity contribution >= 4 is 17.7 Å². The number of hydrogen-bond acceptors (Lipinski definition) is 6. The third-order valence-electron chi connectivity index (χ3n) is 7.98. The van der Waals surface area contributed by atoms with Crippen LogP contribution in [-0.4, -0.2) is 78.1 Å². The summed E-state index contributed by atoms with van der Waals surface area (Å²) in [5.74, 6) is 0.0194. The van der Waals surface area contributed by atoms with Crippen molar-refractivity contribution < 1.29 is 14.3 Å². The summed E-state index contributed by atoms with van der Waals surface area (Å²) in [6, 6.07) is 29.6. The van der Waals surface area contributed by atoms with Crippen LogP contribution in [0.3, 0.4) is 0 Å². The fourth-order valence-electron chi connectivity index (χ4n) is 5.54. The lowest BCUT2D eigenvalue weighted by molar-refractivity contribution is 0.0540. The van der Waals surface area contributed by atoms with E-state index in [9.17, 15) is 9.59 Å². The normalized spacial score (nSPS) is 13.9. The molecule has 44 heavy (non-hydrogen) atoms. The standard InChI is InChI=1S/C36H41N5O3/c1-39(27-29-9-8-20-37-25-29)26-28-14-16-31(17-15-28)35(42)40(2)23-24-41-21-18-32(19-22-41)44-36(43)38-34-13-7-6-12-33(34)30-10-4-3-5-11-30/h3-17,20,25,32H,18-19,21-24,26-27H2,1-2H3,(H,38,43). The molecule has 8 nitrogen and oxygen atoms in total. The number of ether oxygens (including phenoxy) is 1. The molecule has 0 saturated carbocycles. The first-order valence-corrected chi connectivity index (χ1v) is 15.2. The third-order valence-corrected chi connectivity index (χ3v) is 7.98. The van der Waals surface area contributed by atoms with Crippen molar-refractivity contribution in [2.24, 2.45) is 0 Å². The summed E-state index contributed by atoms with van der Waals surface area (Å²) in [6.45, 7) is 4.67. The number of anilines is 1. The second kappa shape index (κ2) is 15.3. The average molecular weight is 592 g/mol. The van der Waals surface area contributed by atoms with Crippen LogP contribution in [0.25, 0.3) is 11.1 Å². The van der Waals surface area contributed by atoms with Gasteiger partial charge in [-0.2, -0.15) is 0 Å². The number of amides is 2. The number of likely N-dealkylation sites (tertiary alicyclic amines) is 1. The highest BCUT2D eigenvalue weighted by molar-refractivity contribution is 5.94. The predicted octanol–water partition coefficient (Wildman–Crippen LogP) is 6.17. The number of nitrogens with zero attached hydrogens (tertiary/aromatic N) is 4. The van der Waals surface area contributed by atoms with Crippen LogP contribution in [0, 0.1) is 0 Å². The van der Waals surface area contributed by atoms with E-state index in [-0.39, 0.29) is 12.0 Å². The van der Waals surface area contributed by atoms with E-state index in [1.54, 1.807) is 11.1 Å². The van der Waals surface area contributed by atoms with Crippen LogP contribution >= 0.6 is 0 Å². The van der Waals surface area contributed by atoms with Gasteiger partial charge in [0.15, 0.2) is 0 Å². The van der Waals surface area contributed by atoms with Gasteiger partial charge in [0.2, 0.25) is 0 Å². The Morgan fingerprint density at radius 3 is 2.30 bits per heavy atom. The molecule has 0 radical (unpaired) electrons. The number of nitrogens with one attached hydrogen (secondary N) is 1. The molecule has 1 aliphatic heterocycles. The molecule has 2 heterocycles. The Balaban J connectivity index is 1.02. The van der Waals surface area contributed by atoms with Crippen molar-refractivity contribution in [2.45, 2.75) is 32.0 Å². The molecule has 1 saturated heterocycles. The maximum Gasteiger partial charge on any atom is 0.411 e. The number of hydrogen-bond donors (Lipinski definition) is 1. The Morgan fingerprint density at radius 1 is 0.864 bits per heavy atom. The van der Waals surface area contributed by atoms with E-state index in [1.165, 1.54) is 5.56 Å². The molecule has 1 N–H and O–H groups in total. The molecule has 0 unspecified atom stereocenters. The van der Waals surface area contributed by atoms with Crippen molar-refractivity contribution in [1.82, 2.24) is 19.7 Å². The van der Waals surface area contributed by atoms with E-state index in [0.29, 0.717) is 12.1 Å². The molecular formula is C36H41N5O3. The van der Waals surface area contributed by atoms with Gasteiger partial charge in [-0.3, -0.25) is 20.0 Å². The summed E-state index contributed by atoms with van der Waals surface area (Å²) in [5, 5.41) is 2.93. The molecule has 1 aliphatic rings. The quantitative estimate of drug-likeness (QED) is 0.225.